The quantitative estimate of drug-likeness (QED) is 0.273. The largest absolute Gasteiger partial charge is 0.493 e. The van der Waals surface area contributed by atoms with Crippen molar-refractivity contribution in [3.63, 3.8) is 0 Å². The van der Waals surface area contributed by atoms with Crippen molar-refractivity contribution >= 4 is 71.5 Å². The Kier molecular flexibility index (Phi) is 8.67. The Labute approximate surface area is 246 Å². The van der Waals surface area contributed by atoms with Crippen molar-refractivity contribution < 1.29 is 17.9 Å². The Morgan fingerprint density at radius 3 is 2.48 bits per heavy atom. The van der Waals surface area contributed by atoms with E-state index in [1.165, 1.54) is 24.3 Å². The second-order valence-corrected chi connectivity index (χ2v) is 12.6. The maximum absolute atomic E-state index is 13.0. The molecular weight excluding hydrogens is 593 g/mol. The third-order valence-electron chi connectivity index (χ3n) is 6.56. The smallest absolute Gasteiger partial charge is 0.261 e. The minimum Gasteiger partial charge on any atom is -0.493 e. The van der Waals surface area contributed by atoms with Crippen LogP contribution in [0.4, 0.5) is 10.8 Å². The molecule has 2 heterocycles. The fourth-order valence-corrected chi connectivity index (χ4v) is 6.89. The van der Waals surface area contributed by atoms with E-state index in [0.29, 0.717) is 28.9 Å². The zero-order chi connectivity index (χ0) is 28.3. The first-order valence-electron chi connectivity index (χ1n) is 12.5. The predicted molar refractivity (Wildman–Crippen MR) is 161 cm³/mol. The van der Waals surface area contributed by atoms with E-state index in [4.69, 9.17) is 32.9 Å². The summed E-state index contributed by atoms with van der Waals surface area (Å²) in [5.41, 5.74) is 1.23. The second-order valence-electron chi connectivity index (χ2n) is 9.11. The average Bonchev–Trinajstić information content (AvgIpc) is 3.38. The number of nitrogens with one attached hydrogen (secondary N) is 2. The number of sulfonamides is 1. The van der Waals surface area contributed by atoms with Crippen LogP contribution in [0.15, 0.2) is 65.6 Å². The molecular formula is C27H27Cl2N5O4S2. The van der Waals surface area contributed by atoms with Crippen molar-refractivity contribution in [1.82, 2.24) is 15.2 Å². The van der Waals surface area contributed by atoms with Crippen molar-refractivity contribution in [2.24, 2.45) is 0 Å². The molecule has 9 nitrogen and oxygen atoms in total. The SMILES string of the molecule is COc1c(Cl)ccc2sc(N3CCN(CCNC(=O)c4ccccc4NS(=O)(=O)c4ccc(Cl)cc4)CC3)nc12. The maximum Gasteiger partial charge on any atom is 0.261 e. The van der Waals surface area contributed by atoms with Gasteiger partial charge in [-0.2, -0.15) is 0 Å². The molecule has 0 spiro atoms. The van der Waals surface area contributed by atoms with Gasteiger partial charge in [0.2, 0.25) is 0 Å². The highest BCUT2D eigenvalue weighted by Crippen LogP contribution is 2.38. The van der Waals surface area contributed by atoms with Gasteiger partial charge >= 0.3 is 0 Å². The third kappa shape index (κ3) is 6.29. The van der Waals surface area contributed by atoms with Crippen LogP contribution in [0.1, 0.15) is 10.4 Å². The highest BCUT2D eigenvalue weighted by molar-refractivity contribution is 7.92. The minimum atomic E-state index is -3.89. The van der Waals surface area contributed by atoms with E-state index in [1.807, 2.05) is 12.1 Å². The van der Waals surface area contributed by atoms with Gasteiger partial charge in [-0.3, -0.25) is 14.4 Å². The van der Waals surface area contributed by atoms with E-state index in [-0.39, 0.29) is 22.1 Å². The molecule has 40 heavy (non-hydrogen) atoms. The summed E-state index contributed by atoms with van der Waals surface area (Å²) in [5.74, 6) is 0.241. The van der Waals surface area contributed by atoms with Crippen molar-refractivity contribution in [3.05, 3.63) is 76.3 Å². The summed E-state index contributed by atoms with van der Waals surface area (Å²) >= 11 is 13.7. The molecule has 1 fully saturated rings. The number of aromatic nitrogens is 1. The minimum absolute atomic E-state index is 0.0556. The van der Waals surface area contributed by atoms with Crippen molar-refractivity contribution in [1.29, 1.82) is 0 Å². The molecule has 210 valence electrons. The van der Waals surface area contributed by atoms with Crippen LogP contribution in [0.3, 0.4) is 0 Å². The fourth-order valence-electron chi connectivity index (χ4n) is 4.44. The molecule has 4 aromatic rings. The number of thiazole rings is 1. The number of hydrogen-bond donors (Lipinski definition) is 2. The number of ether oxygens (including phenoxy) is 1. The second kappa shape index (κ2) is 12.2. The maximum atomic E-state index is 13.0. The number of amides is 1. The lowest BCUT2D eigenvalue weighted by Crippen LogP contribution is -2.48. The Morgan fingerprint density at radius 2 is 1.75 bits per heavy atom. The normalized spacial score (nSPS) is 14.3. The summed E-state index contributed by atoms with van der Waals surface area (Å²) in [4.78, 5) is 22.3. The van der Waals surface area contributed by atoms with Crippen LogP contribution in [-0.4, -0.2) is 70.6 Å². The number of carbonyl (C=O) groups is 1. The zero-order valence-corrected chi connectivity index (χ0v) is 24.7. The van der Waals surface area contributed by atoms with Gasteiger partial charge in [0.25, 0.3) is 15.9 Å². The van der Waals surface area contributed by atoms with Crippen LogP contribution in [0.25, 0.3) is 10.2 Å². The number of carbonyl (C=O) groups excluding carboxylic acids is 1. The number of hydrogen-bond acceptors (Lipinski definition) is 8. The van der Waals surface area contributed by atoms with E-state index >= 15 is 0 Å². The number of anilines is 2. The molecule has 1 amide bonds. The fraction of sp³-hybridized carbons (Fsp3) is 0.259. The molecule has 3 aromatic carbocycles. The summed E-state index contributed by atoms with van der Waals surface area (Å²) < 4.78 is 34.6. The topological polar surface area (TPSA) is 104 Å². The van der Waals surface area contributed by atoms with Crippen LogP contribution in [0, 0.1) is 0 Å². The lowest BCUT2D eigenvalue weighted by Gasteiger charge is -2.34. The number of rotatable bonds is 9. The summed E-state index contributed by atoms with van der Waals surface area (Å²) in [6.07, 6.45) is 0. The molecule has 0 atom stereocenters. The molecule has 1 aliphatic heterocycles. The molecule has 0 radical (unpaired) electrons. The molecule has 13 heteroatoms. The van der Waals surface area contributed by atoms with E-state index in [9.17, 15) is 13.2 Å². The van der Waals surface area contributed by atoms with Gasteiger partial charge in [0.15, 0.2) is 10.9 Å². The number of nitrogens with zero attached hydrogens (tertiary/aromatic N) is 3. The summed E-state index contributed by atoms with van der Waals surface area (Å²) in [6.45, 7) is 4.34. The first-order chi connectivity index (χ1) is 19.2. The van der Waals surface area contributed by atoms with Crippen LogP contribution in [0.5, 0.6) is 5.75 Å². The molecule has 1 saturated heterocycles. The van der Waals surface area contributed by atoms with Gasteiger partial charge in [-0.15, -0.1) is 0 Å². The Hall–Kier alpha value is -3.09. The van der Waals surface area contributed by atoms with Crippen LogP contribution in [-0.2, 0) is 10.0 Å². The number of para-hydroxylation sites is 1. The van der Waals surface area contributed by atoms with Crippen molar-refractivity contribution in [2.75, 3.05) is 56.0 Å². The van der Waals surface area contributed by atoms with Crippen molar-refractivity contribution in [2.45, 2.75) is 4.90 Å². The number of piperazine rings is 1. The summed E-state index contributed by atoms with van der Waals surface area (Å²) in [7, 11) is -2.29. The standard InChI is InChI=1S/C27H27Cl2N5O4S2/c1-38-25-21(29)10-11-23-24(25)31-27(39-23)34-16-14-33(15-17-34)13-12-30-26(35)20-4-2-3-5-22(20)32-40(36,37)19-8-6-18(28)7-9-19/h2-11,32H,12-17H2,1H3,(H,30,35). The first-order valence-corrected chi connectivity index (χ1v) is 15.6. The molecule has 0 bridgehead atoms. The molecule has 0 saturated carbocycles. The Balaban J connectivity index is 1.14. The van der Waals surface area contributed by atoms with Gasteiger partial charge in [-0.1, -0.05) is 46.7 Å². The number of halogens is 2. The van der Waals surface area contributed by atoms with E-state index in [0.717, 1.165) is 41.5 Å². The van der Waals surface area contributed by atoms with E-state index in [1.54, 1.807) is 42.7 Å². The number of methoxy groups -OCH3 is 1. The molecule has 2 N–H and O–H groups in total. The lowest BCUT2D eigenvalue weighted by molar-refractivity contribution is 0.0948. The Bertz CT molecular complexity index is 1620. The zero-order valence-electron chi connectivity index (χ0n) is 21.6. The van der Waals surface area contributed by atoms with E-state index in [2.05, 4.69) is 19.8 Å². The van der Waals surface area contributed by atoms with Gasteiger partial charge in [0.05, 0.1) is 33.0 Å². The number of benzene rings is 3. The van der Waals surface area contributed by atoms with Gasteiger partial charge < -0.3 is 15.0 Å². The molecule has 1 aliphatic rings. The van der Waals surface area contributed by atoms with Crippen molar-refractivity contribution in [3.8, 4) is 5.75 Å². The van der Waals surface area contributed by atoms with Crippen LogP contribution in [0.2, 0.25) is 10.0 Å². The molecule has 1 aromatic heterocycles. The highest BCUT2D eigenvalue weighted by atomic mass is 35.5. The third-order valence-corrected chi connectivity index (χ3v) is 9.57. The van der Waals surface area contributed by atoms with Crippen LogP contribution >= 0.6 is 34.5 Å². The molecule has 5 rings (SSSR count). The van der Waals surface area contributed by atoms with Gasteiger partial charge in [0.1, 0.15) is 5.52 Å². The van der Waals surface area contributed by atoms with Gasteiger partial charge in [-0.05, 0) is 48.5 Å². The summed E-state index contributed by atoms with van der Waals surface area (Å²) in [6, 6.07) is 16.1. The first kappa shape index (κ1) is 28.4. The Morgan fingerprint density at radius 1 is 1.02 bits per heavy atom. The highest BCUT2D eigenvalue weighted by Gasteiger charge is 2.22. The average molecular weight is 621 g/mol. The monoisotopic (exact) mass is 619 g/mol. The predicted octanol–water partition coefficient (Wildman–Crippen LogP) is 4.96. The van der Waals surface area contributed by atoms with Gasteiger partial charge in [0, 0.05) is 44.3 Å². The van der Waals surface area contributed by atoms with Gasteiger partial charge in [-0.25, -0.2) is 13.4 Å². The molecule has 0 aliphatic carbocycles. The molecule has 0 unspecified atom stereocenters. The number of fused-ring (bicyclic) bond motifs is 1. The summed E-state index contributed by atoms with van der Waals surface area (Å²) in [5, 5.41) is 4.82. The van der Waals surface area contributed by atoms with E-state index < -0.39 is 10.0 Å². The van der Waals surface area contributed by atoms with Crippen LogP contribution < -0.4 is 19.7 Å². The lowest BCUT2D eigenvalue weighted by atomic mass is 10.1.